The van der Waals surface area contributed by atoms with E-state index in [0.29, 0.717) is 5.56 Å². The Balaban J connectivity index is 2.29. The molecule has 0 aliphatic rings. The van der Waals surface area contributed by atoms with Crippen LogP contribution in [0.5, 0.6) is 0 Å². The van der Waals surface area contributed by atoms with Crippen LogP contribution >= 0.6 is 11.6 Å². The van der Waals surface area contributed by atoms with Gasteiger partial charge < -0.3 is 9.84 Å². The summed E-state index contributed by atoms with van der Waals surface area (Å²) in [7, 11) is 1.41. The number of ether oxygens (including phenoxy) is 1. The number of aromatic nitrogens is 2. The highest BCUT2D eigenvalue weighted by Crippen LogP contribution is 2.39. The van der Waals surface area contributed by atoms with E-state index in [1.54, 1.807) is 0 Å². The van der Waals surface area contributed by atoms with Crippen molar-refractivity contribution in [1.82, 2.24) is 9.78 Å². The average Bonchev–Trinajstić information content (AvgIpc) is 2.92. The number of carboxylic acids is 1. The summed E-state index contributed by atoms with van der Waals surface area (Å²) in [6.07, 6.45) is 0. The summed E-state index contributed by atoms with van der Waals surface area (Å²) < 4.78 is 34.0. The Morgan fingerprint density at radius 2 is 1.92 bits per heavy atom. The molecule has 26 heavy (non-hydrogen) atoms. The van der Waals surface area contributed by atoms with Crippen LogP contribution in [0.2, 0.25) is 5.02 Å². The summed E-state index contributed by atoms with van der Waals surface area (Å²) in [5, 5.41) is 13.7. The fourth-order valence-electron chi connectivity index (χ4n) is 2.63. The fourth-order valence-corrected chi connectivity index (χ4v) is 2.97. The lowest BCUT2D eigenvalue weighted by atomic mass is 10.0. The molecule has 0 aliphatic carbocycles. The van der Waals surface area contributed by atoms with E-state index in [-0.39, 0.29) is 34.3 Å². The van der Waals surface area contributed by atoms with E-state index >= 15 is 0 Å². The molecule has 0 spiro atoms. The third kappa shape index (κ3) is 3.18. The molecule has 5 nitrogen and oxygen atoms in total. The molecule has 1 N–H and O–H groups in total. The zero-order valence-electron chi connectivity index (χ0n) is 13.5. The molecule has 0 saturated heterocycles. The number of methoxy groups -OCH3 is 1. The number of hydrogen-bond donors (Lipinski definition) is 1. The second-order valence-corrected chi connectivity index (χ2v) is 5.78. The van der Waals surface area contributed by atoms with Gasteiger partial charge in [0.2, 0.25) is 0 Å². The van der Waals surface area contributed by atoms with Crippen molar-refractivity contribution < 1.29 is 23.4 Å². The number of hydrogen-bond acceptors (Lipinski definition) is 3. The van der Waals surface area contributed by atoms with Gasteiger partial charge in [-0.05, 0) is 36.4 Å². The largest absolute Gasteiger partial charge is 0.478 e. The number of benzene rings is 2. The molecule has 0 fully saturated rings. The summed E-state index contributed by atoms with van der Waals surface area (Å²) in [6, 6.07) is 9.15. The number of nitrogens with zero attached hydrogens (tertiary/aromatic N) is 2. The van der Waals surface area contributed by atoms with Crippen LogP contribution in [0.25, 0.3) is 22.5 Å². The normalized spacial score (nSPS) is 10.9. The zero-order valence-corrected chi connectivity index (χ0v) is 14.3. The molecule has 3 aromatic rings. The third-order valence-electron chi connectivity index (χ3n) is 3.74. The molecular weight excluding hydrogens is 366 g/mol. The van der Waals surface area contributed by atoms with Crippen molar-refractivity contribution in [3.63, 3.8) is 0 Å². The monoisotopic (exact) mass is 378 g/mol. The van der Waals surface area contributed by atoms with Crippen LogP contribution in [0.1, 0.15) is 10.4 Å². The Hall–Kier alpha value is -2.77. The Morgan fingerprint density at radius 1 is 1.23 bits per heavy atom. The quantitative estimate of drug-likeness (QED) is 0.712. The lowest BCUT2D eigenvalue weighted by Gasteiger charge is -2.10. The van der Waals surface area contributed by atoms with Gasteiger partial charge in [0.1, 0.15) is 24.1 Å². The van der Waals surface area contributed by atoms with Crippen LogP contribution in [0.15, 0.2) is 42.5 Å². The van der Waals surface area contributed by atoms with Crippen molar-refractivity contribution in [2.75, 3.05) is 7.11 Å². The molecule has 0 amide bonds. The Bertz CT molecular complexity index is 971. The highest BCUT2D eigenvalue weighted by atomic mass is 35.5. The van der Waals surface area contributed by atoms with E-state index in [1.165, 1.54) is 48.2 Å². The van der Waals surface area contributed by atoms with Crippen molar-refractivity contribution in [2.45, 2.75) is 6.73 Å². The standard InChI is InChI=1S/C18H13ClF2N2O3/c1-26-9-23-17(14-12(18(24)25)3-2-4-13(14)21)15(19)16(22-23)10-5-7-11(20)8-6-10/h2-8H,9H2,1H3,(H,24,25). The average molecular weight is 379 g/mol. The SMILES string of the molecule is COCn1nc(-c2ccc(F)cc2)c(Cl)c1-c1c(F)cccc1C(=O)O. The molecule has 1 aromatic heterocycles. The van der Waals surface area contributed by atoms with Crippen molar-refractivity contribution in [3.05, 3.63) is 64.7 Å². The van der Waals surface area contributed by atoms with Crippen LogP contribution in [-0.4, -0.2) is 28.0 Å². The molecule has 0 saturated carbocycles. The van der Waals surface area contributed by atoms with E-state index in [9.17, 15) is 18.7 Å². The number of carbonyl (C=O) groups is 1. The van der Waals surface area contributed by atoms with Gasteiger partial charge in [0, 0.05) is 12.7 Å². The van der Waals surface area contributed by atoms with Crippen LogP contribution in [0.4, 0.5) is 8.78 Å². The smallest absolute Gasteiger partial charge is 0.336 e. The van der Waals surface area contributed by atoms with Crippen LogP contribution in [0, 0.1) is 11.6 Å². The predicted octanol–water partition coefficient (Wildman–Crippen LogP) is 4.45. The lowest BCUT2D eigenvalue weighted by molar-refractivity contribution is 0.0697. The minimum absolute atomic E-state index is 0.0428. The number of rotatable bonds is 5. The predicted molar refractivity (Wildman–Crippen MR) is 92.0 cm³/mol. The van der Waals surface area contributed by atoms with Gasteiger partial charge in [-0.2, -0.15) is 5.10 Å². The first kappa shape index (κ1) is 18.0. The Kier molecular flexibility index (Phi) is 5.01. The maximum absolute atomic E-state index is 14.5. The molecule has 1 heterocycles. The molecule has 0 unspecified atom stereocenters. The second-order valence-electron chi connectivity index (χ2n) is 5.40. The van der Waals surface area contributed by atoms with Gasteiger partial charge in [0.15, 0.2) is 0 Å². The highest BCUT2D eigenvalue weighted by molar-refractivity contribution is 6.35. The van der Waals surface area contributed by atoms with E-state index in [4.69, 9.17) is 16.3 Å². The van der Waals surface area contributed by atoms with Gasteiger partial charge in [-0.3, -0.25) is 0 Å². The second kappa shape index (κ2) is 7.23. The number of carboxylic acid groups (broad SMARTS) is 1. The summed E-state index contributed by atoms with van der Waals surface area (Å²) >= 11 is 6.43. The first-order chi connectivity index (χ1) is 12.4. The Labute approximate surface area is 152 Å². The van der Waals surface area contributed by atoms with Crippen molar-refractivity contribution >= 4 is 17.6 Å². The van der Waals surface area contributed by atoms with Gasteiger partial charge >= 0.3 is 5.97 Å². The Morgan fingerprint density at radius 3 is 2.54 bits per heavy atom. The minimum Gasteiger partial charge on any atom is -0.478 e. The summed E-state index contributed by atoms with van der Waals surface area (Å²) in [5.41, 5.74) is 0.389. The van der Waals surface area contributed by atoms with Crippen LogP contribution in [-0.2, 0) is 11.5 Å². The van der Waals surface area contributed by atoms with Crippen molar-refractivity contribution in [1.29, 1.82) is 0 Å². The first-order valence-electron chi connectivity index (χ1n) is 7.47. The molecule has 8 heteroatoms. The molecule has 0 radical (unpaired) electrons. The van der Waals surface area contributed by atoms with Crippen molar-refractivity contribution in [3.8, 4) is 22.5 Å². The molecule has 3 rings (SSSR count). The zero-order chi connectivity index (χ0) is 18.8. The molecule has 0 atom stereocenters. The topological polar surface area (TPSA) is 64.4 Å². The van der Waals surface area contributed by atoms with Gasteiger partial charge in [-0.15, -0.1) is 0 Å². The molecular formula is C18H13ClF2N2O3. The van der Waals surface area contributed by atoms with E-state index in [0.717, 1.165) is 6.07 Å². The molecule has 0 bridgehead atoms. The maximum Gasteiger partial charge on any atom is 0.336 e. The highest BCUT2D eigenvalue weighted by Gasteiger charge is 2.26. The third-order valence-corrected chi connectivity index (χ3v) is 4.10. The summed E-state index contributed by atoms with van der Waals surface area (Å²) in [5.74, 6) is -2.48. The first-order valence-corrected chi connectivity index (χ1v) is 7.85. The van der Waals surface area contributed by atoms with Gasteiger partial charge in [0.05, 0.1) is 21.8 Å². The van der Waals surface area contributed by atoms with Gasteiger partial charge in [-0.25, -0.2) is 18.3 Å². The van der Waals surface area contributed by atoms with E-state index < -0.39 is 17.6 Å². The lowest BCUT2D eigenvalue weighted by Crippen LogP contribution is -2.08. The summed E-state index contributed by atoms with van der Waals surface area (Å²) in [4.78, 5) is 11.5. The molecule has 2 aromatic carbocycles. The minimum atomic E-state index is -1.30. The van der Waals surface area contributed by atoms with Gasteiger partial charge in [-0.1, -0.05) is 17.7 Å². The number of halogens is 3. The maximum atomic E-state index is 14.5. The van der Waals surface area contributed by atoms with Crippen molar-refractivity contribution in [2.24, 2.45) is 0 Å². The number of aromatic carboxylic acids is 1. The summed E-state index contributed by atoms with van der Waals surface area (Å²) in [6.45, 7) is -0.0797. The fraction of sp³-hybridized carbons (Fsp3) is 0.111. The van der Waals surface area contributed by atoms with Crippen LogP contribution in [0.3, 0.4) is 0 Å². The van der Waals surface area contributed by atoms with E-state index in [2.05, 4.69) is 5.10 Å². The molecule has 0 aliphatic heterocycles. The van der Waals surface area contributed by atoms with Crippen LogP contribution < -0.4 is 0 Å². The van der Waals surface area contributed by atoms with Gasteiger partial charge in [0.25, 0.3) is 0 Å². The van der Waals surface area contributed by atoms with E-state index in [1.807, 2.05) is 0 Å². The molecule has 134 valence electrons.